The van der Waals surface area contributed by atoms with Gasteiger partial charge in [0.15, 0.2) is 0 Å². The van der Waals surface area contributed by atoms with Crippen molar-refractivity contribution in [1.82, 2.24) is 14.5 Å². The summed E-state index contributed by atoms with van der Waals surface area (Å²) in [5.74, 6) is -0.0375. The molecule has 0 saturated carbocycles. The Morgan fingerprint density at radius 2 is 1.90 bits per heavy atom. The number of hydrogen-bond donors (Lipinski definition) is 1. The number of ether oxygens (including phenoxy) is 1. The van der Waals surface area contributed by atoms with Gasteiger partial charge in [0.2, 0.25) is 10.0 Å². The highest BCUT2D eigenvalue weighted by atomic mass is 35.5. The summed E-state index contributed by atoms with van der Waals surface area (Å²) in [6.07, 6.45) is 2.15. The molecule has 168 valence electrons. The second kappa shape index (κ2) is 10.1. The first-order valence-corrected chi connectivity index (χ1v) is 12.5. The van der Waals surface area contributed by atoms with Crippen LogP contribution in [0.3, 0.4) is 0 Å². The van der Waals surface area contributed by atoms with E-state index in [1.165, 1.54) is 16.4 Å². The minimum Gasteiger partial charge on any atom is -0.379 e. The molecule has 1 atom stereocenters. The normalized spacial score (nSPS) is 21.7. The number of morpholine rings is 1. The quantitative estimate of drug-likeness (QED) is 0.681. The Labute approximate surface area is 188 Å². The Kier molecular flexibility index (Phi) is 8.03. The summed E-state index contributed by atoms with van der Waals surface area (Å²) in [5.41, 5.74) is 0.115. The number of amides is 1. The molecule has 7 nitrogen and oxygen atoms in total. The van der Waals surface area contributed by atoms with Crippen molar-refractivity contribution in [3.05, 3.63) is 27.7 Å². The first-order chi connectivity index (χ1) is 14.2. The maximum atomic E-state index is 13.0. The van der Waals surface area contributed by atoms with E-state index in [9.17, 15) is 13.2 Å². The van der Waals surface area contributed by atoms with Gasteiger partial charge < -0.3 is 15.0 Å². The lowest BCUT2D eigenvalue weighted by Crippen LogP contribution is -2.43. The van der Waals surface area contributed by atoms with Crippen molar-refractivity contribution in [2.45, 2.75) is 37.6 Å². The SMILES string of the molecule is CC(C)N1CCCC(CNC(=O)c2cc(S(=O)(=O)N3CCOCC3)c(Cl)cc2Cl)C1. The molecule has 10 heteroatoms. The van der Waals surface area contributed by atoms with Crippen molar-refractivity contribution in [3.63, 3.8) is 0 Å². The zero-order valence-electron chi connectivity index (χ0n) is 17.4. The summed E-state index contributed by atoms with van der Waals surface area (Å²) in [4.78, 5) is 15.1. The van der Waals surface area contributed by atoms with E-state index in [1.54, 1.807) is 0 Å². The molecule has 2 heterocycles. The molecule has 2 saturated heterocycles. The fourth-order valence-electron chi connectivity index (χ4n) is 3.89. The third kappa shape index (κ3) is 5.47. The molecule has 1 unspecified atom stereocenters. The van der Waals surface area contributed by atoms with Gasteiger partial charge in [0.05, 0.1) is 28.8 Å². The van der Waals surface area contributed by atoms with Gasteiger partial charge in [-0.3, -0.25) is 4.79 Å². The van der Waals surface area contributed by atoms with Crippen LogP contribution in [0.1, 0.15) is 37.0 Å². The standard InChI is InChI=1S/C20H29Cl2N3O4S/c1-14(2)24-5-3-4-15(13-24)12-23-20(26)16-10-19(18(22)11-17(16)21)30(27,28)25-6-8-29-9-7-25/h10-11,14-15H,3-9,12-13H2,1-2H3,(H,23,26). The summed E-state index contributed by atoms with van der Waals surface area (Å²) in [5, 5.41) is 3.06. The second-order valence-corrected chi connectivity index (χ2v) is 10.8. The van der Waals surface area contributed by atoms with Crippen LogP contribution in [0.5, 0.6) is 0 Å². The average Bonchev–Trinajstić information content (AvgIpc) is 2.72. The number of piperidine rings is 1. The average molecular weight is 478 g/mol. The van der Waals surface area contributed by atoms with Crippen LogP contribution in [0.2, 0.25) is 10.0 Å². The molecule has 2 fully saturated rings. The molecule has 0 aromatic heterocycles. The van der Waals surface area contributed by atoms with E-state index in [4.69, 9.17) is 27.9 Å². The Hall–Kier alpha value is -0.900. The number of benzene rings is 1. The second-order valence-electron chi connectivity index (χ2n) is 8.09. The van der Waals surface area contributed by atoms with Gasteiger partial charge in [-0.05, 0) is 51.3 Å². The summed E-state index contributed by atoms with van der Waals surface area (Å²) < 4.78 is 32.6. The Balaban J connectivity index is 1.74. The molecule has 1 aromatic carbocycles. The van der Waals surface area contributed by atoms with Crippen LogP contribution >= 0.6 is 23.2 Å². The van der Waals surface area contributed by atoms with Gasteiger partial charge in [-0.25, -0.2) is 8.42 Å². The molecule has 2 aliphatic heterocycles. The smallest absolute Gasteiger partial charge is 0.252 e. The van der Waals surface area contributed by atoms with Gasteiger partial charge >= 0.3 is 0 Å². The summed E-state index contributed by atoms with van der Waals surface area (Å²) >= 11 is 12.4. The van der Waals surface area contributed by atoms with Gasteiger partial charge in [-0.2, -0.15) is 4.31 Å². The number of carbonyl (C=O) groups is 1. The van der Waals surface area contributed by atoms with E-state index < -0.39 is 15.9 Å². The van der Waals surface area contributed by atoms with Crippen LogP contribution in [0.25, 0.3) is 0 Å². The van der Waals surface area contributed by atoms with Crippen LogP contribution < -0.4 is 5.32 Å². The number of carbonyl (C=O) groups excluding carboxylic acids is 1. The first-order valence-electron chi connectivity index (χ1n) is 10.3. The molecule has 1 amide bonds. The fraction of sp³-hybridized carbons (Fsp3) is 0.650. The van der Waals surface area contributed by atoms with Gasteiger partial charge in [0.1, 0.15) is 4.90 Å². The van der Waals surface area contributed by atoms with Gasteiger partial charge in [-0.15, -0.1) is 0 Å². The third-order valence-electron chi connectivity index (χ3n) is 5.69. The van der Waals surface area contributed by atoms with Crippen molar-refractivity contribution in [1.29, 1.82) is 0 Å². The summed E-state index contributed by atoms with van der Waals surface area (Å²) in [6, 6.07) is 3.08. The fourth-order valence-corrected chi connectivity index (χ4v) is 6.13. The summed E-state index contributed by atoms with van der Waals surface area (Å²) in [7, 11) is -3.84. The molecule has 0 bridgehead atoms. The first kappa shape index (κ1) is 23.8. The predicted molar refractivity (Wildman–Crippen MR) is 118 cm³/mol. The summed E-state index contributed by atoms with van der Waals surface area (Å²) in [6.45, 7) is 8.02. The molecule has 2 aliphatic rings. The number of nitrogens with one attached hydrogen (secondary N) is 1. The highest BCUT2D eigenvalue weighted by molar-refractivity contribution is 7.89. The lowest BCUT2D eigenvalue weighted by molar-refractivity contribution is 0.0730. The Morgan fingerprint density at radius 3 is 2.57 bits per heavy atom. The lowest BCUT2D eigenvalue weighted by atomic mass is 9.97. The van der Waals surface area contributed by atoms with E-state index >= 15 is 0 Å². The molecule has 0 radical (unpaired) electrons. The van der Waals surface area contributed by atoms with Crippen molar-refractivity contribution in [2.75, 3.05) is 45.9 Å². The van der Waals surface area contributed by atoms with E-state index in [1.807, 2.05) is 0 Å². The molecule has 3 rings (SSSR count). The minimum atomic E-state index is -3.84. The lowest BCUT2D eigenvalue weighted by Gasteiger charge is -2.35. The number of halogens is 2. The van der Waals surface area contributed by atoms with Gasteiger partial charge in [0.25, 0.3) is 5.91 Å². The number of hydrogen-bond acceptors (Lipinski definition) is 5. The van der Waals surface area contributed by atoms with E-state index in [0.29, 0.717) is 31.7 Å². The largest absolute Gasteiger partial charge is 0.379 e. The van der Waals surface area contributed by atoms with E-state index in [2.05, 4.69) is 24.1 Å². The van der Waals surface area contributed by atoms with Crippen LogP contribution in [0.4, 0.5) is 0 Å². The number of sulfonamides is 1. The zero-order chi connectivity index (χ0) is 21.9. The molecular weight excluding hydrogens is 449 g/mol. The Morgan fingerprint density at radius 1 is 1.20 bits per heavy atom. The minimum absolute atomic E-state index is 0.00268. The molecule has 1 aromatic rings. The number of nitrogens with zero attached hydrogens (tertiary/aromatic N) is 2. The number of likely N-dealkylation sites (tertiary alicyclic amines) is 1. The maximum Gasteiger partial charge on any atom is 0.252 e. The maximum absolute atomic E-state index is 13.0. The van der Waals surface area contributed by atoms with Crippen molar-refractivity contribution in [2.24, 2.45) is 5.92 Å². The third-order valence-corrected chi connectivity index (χ3v) is 8.36. The van der Waals surface area contributed by atoms with Crippen LogP contribution in [0.15, 0.2) is 17.0 Å². The zero-order valence-corrected chi connectivity index (χ0v) is 19.7. The predicted octanol–water partition coefficient (Wildman–Crippen LogP) is 2.86. The molecule has 0 aliphatic carbocycles. The molecule has 1 N–H and O–H groups in total. The highest BCUT2D eigenvalue weighted by Crippen LogP contribution is 2.31. The van der Waals surface area contributed by atoms with E-state index in [-0.39, 0.29) is 33.6 Å². The highest BCUT2D eigenvalue weighted by Gasteiger charge is 2.30. The van der Waals surface area contributed by atoms with Crippen LogP contribution in [0, 0.1) is 5.92 Å². The molecule has 30 heavy (non-hydrogen) atoms. The molecule has 0 spiro atoms. The van der Waals surface area contributed by atoms with Gasteiger partial charge in [0, 0.05) is 32.2 Å². The van der Waals surface area contributed by atoms with Crippen molar-refractivity contribution >= 4 is 39.1 Å². The monoisotopic (exact) mass is 477 g/mol. The molecular formula is C20H29Cl2N3O4S. The van der Waals surface area contributed by atoms with Crippen LogP contribution in [-0.2, 0) is 14.8 Å². The number of rotatable bonds is 6. The van der Waals surface area contributed by atoms with E-state index in [0.717, 1.165) is 25.9 Å². The Bertz CT molecular complexity index is 873. The van der Waals surface area contributed by atoms with Gasteiger partial charge in [-0.1, -0.05) is 23.2 Å². The van der Waals surface area contributed by atoms with Crippen molar-refractivity contribution < 1.29 is 17.9 Å². The van der Waals surface area contributed by atoms with Crippen LogP contribution in [-0.4, -0.2) is 75.5 Å². The van der Waals surface area contributed by atoms with Crippen molar-refractivity contribution in [3.8, 4) is 0 Å². The topological polar surface area (TPSA) is 79.0 Å².